The molecule has 8 nitrogen and oxygen atoms in total. The van der Waals surface area contributed by atoms with Crippen LogP contribution in [-0.2, 0) is 0 Å². The van der Waals surface area contributed by atoms with Gasteiger partial charge in [0, 0.05) is 16.7 Å². The Labute approximate surface area is 303 Å². The zero-order valence-corrected chi connectivity index (χ0v) is 28.4. The Balaban J connectivity index is 0.000000138. The molecule has 2 N–H and O–H groups in total. The fourth-order valence-corrected chi connectivity index (χ4v) is 5.65. The second-order valence-electron chi connectivity index (χ2n) is 10.6. The second kappa shape index (κ2) is 16.4. The van der Waals surface area contributed by atoms with Gasteiger partial charge in [-0.05, 0) is 61.8 Å². The fraction of sp³-hybridized carbons (Fsp3) is 0. The van der Waals surface area contributed by atoms with E-state index in [-0.39, 0.29) is 15.9 Å². The van der Waals surface area contributed by atoms with E-state index in [0.717, 1.165) is 38.2 Å². The number of aromatic nitrogens is 6. The molecule has 0 saturated heterocycles. The third-order valence-electron chi connectivity index (χ3n) is 7.39. The largest absolute Gasteiger partial charge is 0.489 e. The highest BCUT2D eigenvalue weighted by molar-refractivity contribution is 6.61. The topological polar surface area (TPSA) is 118 Å². The van der Waals surface area contributed by atoms with Crippen LogP contribution in [0.1, 0.15) is 0 Å². The Kier molecular flexibility index (Phi) is 11.3. The minimum atomic E-state index is -1.40. The summed E-state index contributed by atoms with van der Waals surface area (Å²) < 4.78 is 0. The predicted octanol–water partition coefficient (Wildman–Crippen LogP) is 8.38. The molecule has 0 amide bonds. The van der Waals surface area contributed by atoms with Gasteiger partial charge in [0.05, 0.1) is 0 Å². The maximum Gasteiger partial charge on any atom is 0.489 e. The molecule has 8 rings (SSSR count). The molecule has 0 fully saturated rings. The van der Waals surface area contributed by atoms with Crippen molar-refractivity contribution in [3.63, 3.8) is 0 Å². The molecule has 2 aromatic heterocycles. The Morgan fingerprint density at radius 2 is 0.800 bits per heavy atom. The van der Waals surface area contributed by atoms with Gasteiger partial charge in [0.15, 0.2) is 17.5 Å². The second-order valence-corrected chi connectivity index (χ2v) is 11.7. The monoisotopic (exact) mass is 714 g/mol. The van der Waals surface area contributed by atoms with Crippen LogP contribution in [0.5, 0.6) is 0 Å². The van der Waals surface area contributed by atoms with Crippen LogP contribution in [0.3, 0.4) is 0 Å². The van der Waals surface area contributed by atoms with Gasteiger partial charge in [-0.1, -0.05) is 146 Å². The summed E-state index contributed by atoms with van der Waals surface area (Å²) in [4.78, 5) is 24.8. The fourth-order valence-electron chi connectivity index (χ4n) is 5.13. The van der Waals surface area contributed by atoms with E-state index in [9.17, 15) is 0 Å². The van der Waals surface area contributed by atoms with Gasteiger partial charge in [0.2, 0.25) is 15.9 Å². The van der Waals surface area contributed by atoms with E-state index < -0.39 is 7.12 Å². The first kappa shape index (κ1) is 34.6. The maximum atomic E-state index is 9.08. The van der Waals surface area contributed by atoms with Crippen LogP contribution in [0, 0.1) is 0 Å². The molecular formula is C38H26BCl3N6O2. The first-order valence-corrected chi connectivity index (χ1v) is 16.4. The number of nitrogens with zero attached hydrogens (tertiary/aromatic N) is 6. The van der Waals surface area contributed by atoms with E-state index in [1.807, 2.05) is 121 Å². The Hall–Kier alpha value is -5.29. The highest BCUT2D eigenvalue weighted by atomic mass is 35.5. The van der Waals surface area contributed by atoms with Crippen molar-refractivity contribution in [1.82, 2.24) is 29.9 Å². The molecule has 0 spiro atoms. The smallest absolute Gasteiger partial charge is 0.423 e. The van der Waals surface area contributed by atoms with Gasteiger partial charge in [-0.3, -0.25) is 0 Å². The highest BCUT2D eigenvalue weighted by Gasteiger charge is 2.14. The summed E-state index contributed by atoms with van der Waals surface area (Å²) in [6.07, 6.45) is 0. The molecular weight excluding hydrogens is 690 g/mol. The minimum absolute atomic E-state index is 0.101. The van der Waals surface area contributed by atoms with Crippen LogP contribution < -0.4 is 5.46 Å². The quantitative estimate of drug-likeness (QED) is 0.175. The lowest BCUT2D eigenvalue weighted by molar-refractivity contribution is 0.426. The molecule has 0 aliphatic rings. The number of hydrogen-bond acceptors (Lipinski definition) is 8. The SMILES string of the molecule is Clc1nc(-c2ccccc2)nc(-c2cccc3ccccc23)n1.Clc1nc(Cl)nc(-c2ccccc2)n1.OB(O)c1cccc2ccccc12. The van der Waals surface area contributed by atoms with E-state index in [1.165, 1.54) is 0 Å². The molecule has 0 saturated carbocycles. The normalized spacial score (nSPS) is 10.5. The minimum Gasteiger partial charge on any atom is -0.423 e. The molecule has 0 aliphatic heterocycles. The van der Waals surface area contributed by atoms with Crippen molar-refractivity contribution >= 4 is 68.9 Å². The molecule has 2 heterocycles. The van der Waals surface area contributed by atoms with E-state index >= 15 is 0 Å². The first-order chi connectivity index (χ1) is 24.4. The van der Waals surface area contributed by atoms with Gasteiger partial charge < -0.3 is 10.0 Å². The van der Waals surface area contributed by atoms with Gasteiger partial charge in [-0.2, -0.15) is 24.9 Å². The van der Waals surface area contributed by atoms with E-state index in [2.05, 4.69) is 48.1 Å². The van der Waals surface area contributed by atoms with Crippen molar-refractivity contribution in [3.05, 3.63) is 161 Å². The molecule has 0 radical (unpaired) electrons. The van der Waals surface area contributed by atoms with Crippen LogP contribution >= 0.6 is 34.8 Å². The standard InChI is InChI=1S/C19H12ClN3.C10H9BO2.C9H5Cl2N3/c20-19-22-17(14-8-2-1-3-9-14)21-18(23-19)16-12-6-10-13-7-4-5-11-15(13)16;12-11(13)10-7-3-5-8-4-1-2-6-9(8)10;10-8-12-7(13-9(11)14-8)6-4-2-1-3-5-6/h1-12H;1-7,12-13H;1-5H. The van der Waals surface area contributed by atoms with Gasteiger partial charge >= 0.3 is 7.12 Å². The van der Waals surface area contributed by atoms with E-state index in [1.54, 1.807) is 6.07 Å². The van der Waals surface area contributed by atoms with Crippen molar-refractivity contribution in [1.29, 1.82) is 0 Å². The van der Waals surface area contributed by atoms with Crippen LogP contribution in [0.25, 0.3) is 55.7 Å². The molecule has 8 aromatic rings. The average Bonchev–Trinajstić information content (AvgIpc) is 3.15. The van der Waals surface area contributed by atoms with Crippen LogP contribution in [-0.4, -0.2) is 47.1 Å². The van der Waals surface area contributed by atoms with E-state index in [0.29, 0.717) is 22.9 Å². The highest BCUT2D eigenvalue weighted by Crippen LogP contribution is 2.28. The molecule has 0 atom stereocenters. The van der Waals surface area contributed by atoms with Crippen molar-refractivity contribution < 1.29 is 10.0 Å². The van der Waals surface area contributed by atoms with Crippen molar-refractivity contribution in [3.8, 4) is 34.2 Å². The molecule has 244 valence electrons. The lowest BCUT2D eigenvalue weighted by Gasteiger charge is -2.07. The lowest BCUT2D eigenvalue weighted by Crippen LogP contribution is -2.30. The molecule has 6 aromatic carbocycles. The Morgan fingerprint density at radius 3 is 1.38 bits per heavy atom. The summed E-state index contributed by atoms with van der Waals surface area (Å²) >= 11 is 17.4. The molecule has 0 bridgehead atoms. The molecule has 0 unspecified atom stereocenters. The molecule has 12 heteroatoms. The van der Waals surface area contributed by atoms with Crippen LogP contribution in [0.15, 0.2) is 146 Å². The zero-order valence-electron chi connectivity index (χ0n) is 26.1. The Bertz CT molecular complexity index is 2340. The van der Waals surface area contributed by atoms with Crippen molar-refractivity contribution in [2.75, 3.05) is 0 Å². The first-order valence-electron chi connectivity index (χ1n) is 15.3. The van der Waals surface area contributed by atoms with Gasteiger partial charge in [-0.25, -0.2) is 4.98 Å². The summed E-state index contributed by atoms with van der Waals surface area (Å²) in [5, 5.41) is 22.7. The summed E-state index contributed by atoms with van der Waals surface area (Å²) in [5.41, 5.74) is 3.28. The maximum absolute atomic E-state index is 9.08. The van der Waals surface area contributed by atoms with Crippen LogP contribution in [0.2, 0.25) is 15.9 Å². The van der Waals surface area contributed by atoms with Crippen LogP contribution in [0.4, 0.5) is 0 Å². The number of rotatable bonds is 4. The Morgan fingerprint density at radius 1 is 0.380 bits per heavy atom. The number of fused-ring (bicyclic) bond motifs is 2. The summed E-state index contributed by atoms with van der Waals surface area (Å²) in [5.74, 6) is 1.64. The summed E-state index contributed by atoms with van der Waals surface area (Å²) in [7, 11) is -1.40. The number of halogens is 3. The zero-order chi connectivity index (χ0) is 34.9. The predicted molar refractivity (Wildman–Crippen MR) is 202 cm³/mol. The van der Waals surface area contributed by atoms with Crippen molar-refractivity contribution in [2.45, 2.75) is 0 Å². The average molecular weight is 716 g/mol. The number of benzene rings is 6. The van der Waals surface area contributed by atoms with Gasteiger partial charge in [-0.15, -0.1) is 0 Å². The molecule has 50 heavy (non-hydrogen) atoms. The molecule has 0 aliphatic carbocycles. The third-order valence-corrected chi connectivity index (χ3v) is 7.89. The summed E-state index contributed by atoms with van der Waals surface area (Å²) in [6.45, 7) is 0. The summed E-state index contributed by atoms with van der Waals surface area (Å²) in [6, 6.07) is 46.5. The lowest BCUT2D eigenvalue weighted by atomic mass is 9.77. The number of hydrogen-bond donors (Lipinski definition) is 2. The van der Waals surface area contributed by atoms with Gasteiger partial charge in [0.1, 0.15) is 0 Å². The van der Waals surface area contributed by atoms with E-state index in [4.69, 9.17) is 44.9 Å². The third kappa shape index (κ3) is 8.65. The van der Waals surface area contributed by atoms with Crippen molar-refractivity contribution in [2.24, 2.45) is 0 Å². The van der Waals surface area contributed by atoms with Gasteiger partial charge in [0.25, 0.3) is 0 Å².